The fourth-order valence-corrected chi connectivity index (χ4v) is 4.14. The van der Waals surface area contributed by atoms with Crippen molar-refractivity contribution in [2.45, 2.75) is 19.4 Å². The first kappa shape index (κ1) is 20.3. The number of hydrogen-bond donors (Lipinski definition) is 2. The molecule has 0 aromatic heterocycles. The zero-order valence-corrected chi connectivity index (χ0v) is 16.8. The van der Waals surface area contributed by atoms with E-state index in [0.717, 1.165) is 57.1 Å². The summed E-state index contributed by atoms with van der Waals surface area (Å²) in [6.07, 6.45) is 1.67. The van der Waals surface area contributed by atoms with E-state index in [0.29, 0.717) is 13.1 Å². The van der Waals surface area contributed by atoms with Gasteiger partial charge in [-0.3, -0.25) is 4.79 Å². The summed E-state index contributed by atoms with van der Waals surface area (Å²) in [4.78, 5) is 29.2. The molecule has 1 aromatic rings. The number of piperazine rings is 1. The second kappa shape index (κ2) is 9.14. The van der Waals surface area contributed by atoms with Crippen molar-refractivity contribution in [3.05, 3.63) is 23.8 Å². The Bertz CT molecular complexity index is 703. The zero-order valence-electron chi connectivity index (χ0n) is 16.8. The van der Waals surface area contributed by atoms with E-state index in [4.69, 9.17) is 15.2 Å². The first-order chi connectivity index (χ1) is 13.5. The van der Waals surface area contributed by atoms with Crippen LogP contribution in [0.4, 0.5) is 4.79 Å². The summed E-state index contributed by atoms with van der Waals surface area (Å²) >= 11 is 0. The predicted molar refractivity (Wildman–Crippen MR) is 104 cm³/mol. The van der Waals surface area contributed by atoms with Crippen LogP contribution >= 0.6 is 0 Å². The number of ether oxygens (including phenoxy) is 2. The minimum atomic E-state index is -0.429. The second-order valence-corrected chi connectivity index (χ2v) is 7.56. The highest BCUT2D eigenvalue weighted by Crippen LogP contribution is 2.27. The van der Waals surface area contributed by atoms with Crippen LogP contribution in [0.2, 0.25) is 0 Å². The molecular weight excluding hydrogens is 360 g/mol. The SMILES string of the molecule is COc1ccc(C[NH+]2CCN(C(=O)[C@@H]3CCCN(C(N)=O)C3)CC2)cc1OC. The summed E-state index contributed by atoms with van der Waals surface area (Å²) in [6.45, 7) is 5.30. The van der Waals surface area contributed by atoms with Gasteiger partial charge in [0.05, 0.1) is 46.3 Å². The van der Waals surface area contributed by atoms with Gasteiger partial charge >= 0.3 is 6.03 Å². The number of primary amides is 1. The molecule has 3 rings (SSSR count). The average molecular weight is 391 g/mol. The second-order valence-electron chi connectivity index (χ2n) is 7.56. The van der Waals surface area contributed by atoms with Crippen LogP contribution in [0.25, 0.3) is 0 Å². The number of carbonyl (C=O) groups excluding carboxylic acids is 2. The molecule has 0 unspecified atom stereocenters. The van der Waals surface area contributed by atoms with E-state index in [9.17, 15) is 9.59 Å². The quantitative estimate of drug-likeness (QED) is 0.723. The molecule has 2 saturated heterocycles. The molecule has 2 aliphatic rings. The lowest BCUT2D eigenvalue weighted by atomic mass is 9.96. The molecule has 0 bridgehead atoms. The molecule has 8 nitrogen and oxygen atoms in total. The highest BCUT2D eigenvalue weighted by atomic mass is 16.5. The van der Waals surface area contributed by atoms with Crippen LogP contribution in [-0.4, -0.2) is 75.2 Å². The van der Waals surface area contributed by atoms with Gasteiger partial charge in [0.25, 0.3) is 0 Å². The summed E-state index contributed by atoms with van der Waals surface area (Å²) in [5.41, 5.74) is 6.57. The van der Waals surface area contributed by atoms with Crippen LogP contribution in [0.5, 0.6) is 11.5 Å². The fraction of sp³-hybridized carbons (Fsp3) is 0.600. The van der Waals surface area contributed by atoms with Crippen LogP contribution in [0, 0.1) is 5.92 Å². The van der Waals surface area contributed by atoms with Crippen molar-refractivity contribution >= 4 is 11.9 Å². The van der Waals surface area contributed by atoms with Crippen molar-refractivity contribution in [3.8, 4) is 11.5 Å². The lowest BCUT2D eigenvalue weighted by Gasteiger charge is -2.37. The number of quaternary nitrogens is 1. The Kier molecular flexibility index (Phi) is 6.61. The summed E-state index contributed by atoms with van der Waals surface area (Å²) < 4.78 is 10.7. The number of nitrogens with two attached hydrogens (primary N) is 1. The molecule has 2 fully saturated rings. The third-order valence-corrected chi connectivity index (χ3v) is 5.77. The van der Waals surface area contributed by atoms with Gasteiger partial charge in [-0.15, -0.1) is 0 Å². The molecule has 0 saturated carbocycles. The first-order valence-corrected chi connectivity index (χ1v) is 9.89. The maximum Gasteiger partial charge on any atom is 0.314 e. The molecule has 0 radical (unpaired) electrons. The summed E-state index contributed by atoms with van der Waals surface area (Å²) in [7, 11) is 3.28. The number of carbonyl (C=O) groups is 2. The van der Waals surface area contributed by atoms with Gasteiger partial charge in [0.2, 0.25) is 5.91 Å². The lowest BCUT2D eigenvalue weighted by Crippen LogP contribution is -3.13. The molecule has 154 valence electrons. The van der Waals surface area contributed by atoms with Crippen LogP contribution < -0.4 is 20.1 Å². The van der Waals surface area contributed by atoms with Crippen LogP contribution in [0.3, 0.4) is 0 Å². The van der Waals surface area contributed by atoms with E-state index in [-0.39, 0.29) is 11.8 Å². The Balaban J connectivity index is 1.51. The molecule has 28 heavy (non-hydrogen) atoms. The van der Waals surface area contributed by atoms with E-state index in [1.165, 1.54) is 10.5 Å². The summed E-state index contributed by atoms with van der Waals surface area (Å²) in [5, 5.41) is 0. The Labute approximate surface area is 166 Å². The van der Waals surface area contributed by atoms with Gasteiger partial charge in [-0.05, 0) is 31.0 Å². The van der Waals surface area contributed by atoms with Gasteiger partial charge in [-0.25, -0.2) is 4.79 Å². The van der Waals surface area contributed by atoms with Gasteiger partial charge < -0.3 is 29.9 Å². The molecule has 1 aromatic carbocycles. The van der Waals surface area contributed by atoms with Crippen molar-refractivity contribution in [1.82, 2.24) is 9.80 Å². The van der Waals surface area contributed by atoms with E-state index in [2.05, 4.69) is 6.07 Å². The number of likely N-dealkylation sites (tertiary alicyclic amines) is 1. The summed E-state index contributed by atoms with van der Waals surface area (Å²) in [6, 6.07) is 5.58. The molecule has 0 spiro atoms. The van der Waals surface area contributed by atoms with Crippen molar-refractivity contribution in [2.75, 3.05) is 53.5 Å². The maximum absolute atomic E-state index is 12.8. The number of urea groups is 1. The minimum Gasteiger partial charge on any atom is -0.493 e. The molecule has 1 atom stereocenters. The van der Waals surface area contributed by atoms with Crippen molar-refractivity contribution in [2.24, 2.45) is 11.7 Å². The van der Waals surface area contributed by atoms with E-state index < -0.39 is 6.03 Å². The molecule has 2 aliphatic heterocycles. The zero-order chi connectivity index (χ0) is 20.1. The van der Waals surface area contributed by atoms with E-state index in [1.54, 1.807) is 19.1 Å². The van der Waals surface area contributed by atoms with Gasteiger partial charge in [-0.2, -0.15) is 0 Å². The molecular formula is C20H31N4O4+. The van der Waals surface area contributed by atoms with Crippen LogP contribution in [0.1, 0.15) is 18.4 Å². The van der Waals surface area contributed by atoms with E-state index >= 15 is 0 Å². The van der Waals surface area contributed by atoms with Gasteiger partial charge in [-0.1, -0.05) is 0 Å². The molecule has 3 N–H and O–H groups in total. The topological polar surface area (TPSA) is 89.5 Å². The number of benzene rings is 1. The molecule has 3 amide bonds. The lowest BCUT2D eigenvalue weighted by molar-refractivity contribution is -0.917. The Hall–Kier alpha value is -2.48. The smallest absolute Gasteiger partial charge is 0.314 e. The van der Waals surface area contributed by atoms with E-state index in [1.807, 2.05) is 17.0 Å². The number of amides is 3. The van der Waals surface area contributed by atoms with Crippen molar-refractivity contribution in [3.63, 3.8) is 0 Å². The van der Waals surface area contributed by atoms with Crippen molar-refractivity contribution in [1.29, 1.82) is 0 Å². The number of nitrogens with zero attached hydrogens (tertiary/aromatic N) is 2. The predicted octanol–water partition coefficient (Wildman–Crippen LogP) is -0.278. The third-order valence-electron chi connectivity index (χ3n) is 5.77. The van der Waals surface area contributed by atoms with Crippen LogP contribution in [-0.2, 0) is 11.3 Å². The molecule has 2 heterocycles. The Morgan fingerprint density at radius 3 is 2.46 bits per heavy atom. The molecule has 8 heteroatoms. The van der Waals surface area contributed by atoms with Crippen LogP contribution in [0.15, 0.2) is 18.2 Å². The highest BCUT2D eigenvalue weighted by molar-refractivity contribution is 5.80. The highest BCUT2D eigenvalue weighted by Gasteiger charge is 2.33. The monoisotopic (exact) mass is 391 g/mol. The fourth-order valence-electron chi connectivity index (χ4n) is 4.14. The molecule has 0 aliphatic carbocycles. The van der Waals surface area contributed by atoms with Gasteiger partial charge in [0.1, 0.15) is 6.54 Å². The third kappa shape index (κ3) is 4.67. The summed E-state index contributed by atoms with van der Waals surface area (Å²) in [5.74, 6) is 1.52. The Morgan fingerprint density at radius 2 is 1.82 bits per heavy atom. The number of methoxy groups -OCH3 is 2. The standard InChI is InChI=1S/C20H30N4O4/c1-27-17-6-5-15(12-18(17)28-2)13-22-8-10-23(11-9-22)19(25)16-4-3-7-24(14-16)20(21)26/h5-6,12,16H,3-4,7-11,13-14H2,1-2H3,(H2,21,26)/p+1/t16-/m1/s1. The minimum absolute atomic E-state index is 0.117. The van der Waals surface area contributed by atoms with Gasteiger partial charge in [0, 0.05) is 18.7 Å². The number of nitrogens with one attached hydrogen (secondary N) is 1. The number of piperidine rings is 1. The largest absolute Gasteiger partial charge is 0.493 e. The Morgan fingerprint density at radius 1 is 1.11 bits per heavy atom. The normalized spacial score (nSPS) is 20.7. The number of rotatable bonds is 5. The number of hydrogen-bond acceptors (Lipinski definition) is 4. The van der Waals surface area contributed by atoms with Gasteiger partial charge in [0.15, 0.2) is 11.5 Å². The first-order valence-electron chi connectivity index (χ1n) is 9.89. The average Bonchev–Trinajstić information content (AvgIpc) is 2.73. The van der Waals surface area contributed by atoms with Crippen molar-refractivity contribution < 1.29 is 24.0 Å². The maximum atomic E-state index is 12.8.